The minimum atomic E-state index is -1.10. The number of carbonyl (C=O) groups is 1. The Labute approximate surface area is 190 Å². The van der Waals surface area contributed by atoms with Gasteiger partial charge in [-0.3, -0.25) is 0 Å². The predicted molar refractivity (Wildman–Crippen MR) is 102 cm³/mol. The van der Waals surface area contributed by atoms with E-state index in [1.165, 1.54) is 34.5 Å². The molecule has 0 aliphatic rings. The van der Waals surface area contributed by atoms with Gasteiger partial charge in [0.15, 0.2) is 11.5 Å². The zero-order valence-electron chi connectivity index (χ0n) is 17.8. The first-order valence-corrected chi connectivity index (χ1v) is 8.16. The molecule has 0 bridgehead atoms. The van der Waals surface area contributed by atoms with Gasteiger partial charge in [-0.25, -0.2) is 4.79 Å². The molecule has 2 aromatic carbocycles. The molecule has 0 saturated carbocycles. The monoisotopic (exact) mass is 409 g/mol. The Morgan fingerprint density at radius 2 is 1.41 bits per heavy atom. The summed E-state index contributed by atoms with van der Waals surface area (Å²) in [4.78, 5) is 11.5. The zero-order valence-corrected chi connectivity index (χ0v) is 18.8. The van der Waals surface area contributed by atoms with E-state index in [0.29, 0.717) is 39.8 Å². The van der Waals surface area contributed by atoms with Crippen molar-refractivity contribution >= 4 is 5.97 Å². The molecule has 0 aliphatic carbocycles. The van der Waals surface area contributed by atoms with Crippen molar-refractivity contribution in [2.24, 2.45) is 0 Å². The number of methoxy groups -OCH3 is 4. The van der Waals surface area contributed by atoms with Crippen molar-refractivity contribution in [2.75, 3.05) is 28.4 Å². The standard InChI is InChI=1S/C19H19N3O6.Na.H/c1-25-13-6-5-10(7-12(13)19(23)24)16-17(21-22-20-16)11-8-14(26-2)18(28-4)15(9-11)27-3;;/h5-9H,1-4H3,(H,23,24)(H,20,21,22);;/q;+1;-1. The van der Waals surface area contributed by atoms with Crippen molar-refractivity contribution in [3.05, 3.63) is 35.9 Å². The van der Waals surface area contributed by atoms with Crippen molar-refractivity contribution in [1.29, 1.82) is 0 Å². The maximum atomic E-state index is 11.5. The first-order chi connectivity index (χ1) is 13.5. The molecular weight excluding hydrogens is 389 g/mol. The largest absolute Gasteiger partial charge is 1.00 e. The van der Waals surface area contributed by atoms with Crippen molar-refractivity contribution < 1.29 is 59.8 Å². The number of hydrogen-bond donors (Lipinski definition) is 2. The van der Waals surface area contributed by atoms with Crippen molar-refractivity contribution in [1.82, 2.24) is 15.4 Å². The Bertz CT molecular complexity index is 1000. The normalized spacial score (nSPS) is 10.1. The molecule has 29 heavy (non-hydrogen) atoms. The topological polar surface area (TPSA) is 116 Å². The number of rotatable bonds is 7. The van der Waals surface area contributed by atoms with Crippen molar-refractivity contribution in [3.63, 3.8) is 0 Å². The number of aromatic nitrogens is 3. The third-order valence-corrected chi connectivity index (χ3v) is 4.19. The van der Waals surface area contributed by atoms with Crippen LogP contribution in [-0.2, 0) is 0 Å². The van der Waals surface area contributed by atoms with Crippen LogP contribution in [0.3, 0.4) is 0 Å². The van der Waals surface area contributed by atoms with E-state index in [4.69, 9.17) is 18.9 Å². The molecule has 9 nitrogen and oxygen atoms in total. The van der Waals surface area contributed by atoms with Gasteiger partial charge in [-0.15, -0.1) is 0 Å². The fourth-order valence-corrected chi connectivity index (χ4v) is 2.87. The molecule has 0 saturated heterocycles. The number of ether oxygens (including phenoxy) is 4. The average Bonchev–Trinajstić information content (AvgIpc) is 3.21. The number of benzene rings is 2. The minimum absolute atomic E-state index is 0. The van der Waals surface area contributed by atoms with Gasteiger partial charge in [0.1, 0.15) is 22.7 Å². The number of hydrogen-bond acceptors (Lipinski definition) is 7. The summed E-state index contributed by atoms with van der Waals surface area (Å²) in [6.07, 6.45) is 0. The van der Waals surface area contributed by atoms with E-state index >= 15 is 0 Å². The summed E-state index contributed by atoms with van der Waals surface area (Å²) in [6, 6.07) is 8.26. The number of H-pyrrole nitrogens is 1. The van der Waals surface area contributed by atoms with Gasteiger partial charge in [-0.05, 0) is 30.3 Å². The van der Waals surface area contributed by atoms with Crippen LogP contribution in [0.15, 0.2) is 30.3 Å². The van der Waals surface area contributed by atoms with E-state index in [-0.39, 0.29) is 42.3 Å². The van der Waals surface area contributed by atoms with Gasteiger partial charge in [0, 0.05) is 11.1 Å². The van der Waals surface area contributed by atoms with Gasteiger partial charge in [0.05, 0.1) is 28.4 Å². The van der Waals surface area contributed by atoms with Gasteiger partial charge >= 0.3 is 35.5 Å². The van der Waals surface area contributed by atoms with Gasteiger partial charge in [-0.1, -0.05) is 0 Å². The van der Waals surface area contributed by atoms with Crippen LogP contribution in [0, 0.1) is 0 Å². The molecule has 3 aromatic rings. The molecule has 10 heteroatoms. The summed E-state index contributed by atoms with van der Waals surface area (Å²) >= 11 is 0. The number of carboxylic acids is 1. The first-order valence-electron chi connectivity index (χ1n) is 8.16. The number of nitrogens with one attached hydrogen (secondary N) is 1. The Morgan fingerprint density at radius 3 is 1.90 bits per heavy atom. The smallest absolute Gasteiger partial charge is 1.00 e. The molecule has 148 valence electrons. The Hall–Kier alpha value is -2.75. The zero-order chi connectivity index (χ0) is 20.3. The second-order valence-corrected chi connectivity index (χ2v) is 5.66. The summed E-state index contributed by atoms with van der Waals surface area (Å²) in [5.74, 6) is 0.542. The fourth-order valence-electron chi connectivity index (χ4n) is 2.87. The fraction of sp³-hybridized carbons (Fsp3) is 0.211. The van der Waals surface area contributed by atoms with E-state index < -0.39 is 5.97 Å². The quantitative estimate of drug-likeness (QED) is 0.524. The third kappa shape index (κ3) is 4.31. The summed E-state index contributed by atoms with van der Waals surface area (Å²) in [7, 11) is 5.98. The summed E-state index contributed by atoms with van der Waals surface area (Å²) in [5, 5.41) is 20.4. The molecule has 0 unspecified atom stereocenters. The second kappa shape index (κ2) is 9.64. The van der Waals surface area contributed by atoms with E-state index in [0.717, 1.165) is 0 Å². The molecule has 0 amide bonds. The van der Waals surface area contributed by atoms with Gasteiger partial charge in [0.2, 0.25) is 5.75 Å². The van der Waals surface area contributed by atoms with Gasteiger partial charge < -0.3 is 25.5 Å². The third-order valence-electron chi connectivity index (χ3n) is 4.19. The molecule has 0 radical (unpaired) electrons. The van der Waals surface area contributed by atoms with Crippen LogP contribution in [0.2, 0.25) is 0 Å². The van der Waals surface area contributed by atoms with Crippen LogP contribution < -0.4 is 48.5 Å². The van der Waals surface area contributed by atoms with E-state index in [9.17, 15) is 9.90 Å². The van der Waals surface area contributed by atoms with Gasteiger partial charge in [-0.2, -0.15) is 15.4 Å². The summed E-state index contributed by atoms with van der Waals surface area (Å²) < 4.78 is 21.2. The molecule has 0 atom stereocenters. The van der Waals surface area contributed by atoms with E-state index in [1.54, 1.807) is 24.3 Å². The predicted octanol–water partition coefficient (Wildman–Crippen LogP) is -0.0122. The van der Waals surface area contributed by atoms with E-state index in [1.807, 2.05) is 0 Å². The van der Waals surface area contributed by atoms with Crippen LogP contribution in [0.25, 0.3) is 22.5 Å². The number of aromatic carboxylic acids is 1. The van der Waals surface area contributed by atoms with Crippen molar-refractivity contribution in [3.8, 4) is 45.5 Å². The van der Waals surface area contributed by atoms with Crippen LogP contribution in [0.5, 0.6) is 23.0 Å². The maximum Gasteiger partial charge on any atom is 1.00 e. The molecule has 1 aromatic heterocycles. The number of aromatic amines is 1. The van der Waals surface area contributed by atoms with E-state index in [2.05, 4.69) is 15.4 Å². The first kappa shape index (κ1) is 22.5. The average molecular weight is 409 g/mol. The van der Waals surface area contributed by atoms with Crippen molar-refractivity contribution in [2.45, 2.75) is 0 Å². The minimum Gasteiger partial charge on any atom is -1.00 e. The van der Waals surface area contributed by atoms with Crippen LogP contribution in [0.4, 0.5) is 0 Å². The Morgan fingerprint density at radius 1 is 0.862 bits per heavy atom. The molecule has 0 fully saturated rings. The Balaban J connectivity index is 0.00000225. The summed E-state index contributed by atoms with van der Waals surface area (Å²) in [5.41, 5.74) is 2.22. The number of nitrogens with zero attached hydrogens (tertiary/aromatic N) is 2. The molecule has 0 aliphatic heterocycles. The van der Waals surface area contributed by atoms with Crippen LogP contribution in [0.1, 0.15) is 11.8 Å². The van der Waals surface area contributed by atoms with Crippen LogP contribution in [-0.4, -0.2) is 54.9 Å². The molecule has 1 heterocycles. The second-order valence-electron chi connectivity index (χ2n) is 5.66. The molecular formula is C19H20N3NaO6. The van der Waals surface area contributed by atoms with Crippen LogP contribution >= 0.6 is 0 Å². The maximum absolute atomic E-state index is 11.5. The molecule has 2 N–H and O–H groups in total. The molecule has 0 spiro atoms. The SMILES string of the molecule is COc1ccc(-c2n[nH]nc2-c2cc(OC)c(OC)c(OC)c2)cc1C(=O)O.[H-].[Na+]. The number of carboxylic acid groups (broad SMARTS) is 1. The van der Waals surface area contributed by atoms with Gasteiger partial charge in [0.25, 0.3) is 0 Å². The summed E-state index contributed by atoms with van der Waals surface area (Å²) in [6.45, 7) is 0. The molecule has 3 rings (SSSR count). The Kier molecular flexibility index (Phi) is 7.49.